The molecular formula is C15H17N3O3. The van der Waals surface area contributed by atoms with Gasteiger partial charge in [-0.15, -0.1) is 0 Å². The highest BCUT2D eigenvalue weighted by atomic mass is 16.5. The molecule has 0 radical (unpaired) electrons. The number of Topliss-reactive ketones (excluding diaryl/α,β-unsaturated/α-hetero) is 1. The summed E-state index contributed by atoms with van der Waals surface area (Å²) in [4.78, 5) is 22.9. The number of rotatable bonds is 6. The van der Waals surface area contributed by atoms with Crippen LogP contribution in [0.5, 0.6) is 0 Å². The average Bonchev–Trinajstić information content (AvgIpc) is 2.85. The first kappa shape index (κ1) is 14.8. The Labute approximate surface area is 122 Å². The maximum absolute atomic E-state index is 11.8. The summed E-state index contributed by atoms with van der Waals surface area (Å²) < 4.78 is 4.91. The van der Waals surface area contributed by atoms with Crippen molar-refractivity contribution in [3.8, 4) is 0 Å². The highest BCUT2D eigenvalue weighted by Crippen LogP contribution is 2.11. The minimum atomic E-state index is -0.113. The molecule has 1 amide bonds. The predicted molar refractivity (Wildman–Crippen MR) is 79.4 cm³/mol. The average molecular weight is 287 g/mol. The van der Waals surface area contributed by atoms with Crippen LogP contribution in [-0.2, 0) is 4.79 Å². The second-order valence-electron chi connectivity index (χ2n) is 4.68. The van der Waals surface area contributed by atoms with Gasteiger partial charge in [-0.1, -0.05) is 5.16 Å². The summed E-state index contributed by atoms with van der Waals surface area (Å²) in [5.41, 5.74) is 1.29. The molecule has 2 rings (SSSR count). The van der Waals surface area contributed by atoms with E-state index in [2.05, 4.69) is 15.8 Å². The van der Waals surface area contributed by atoms with Crippen molar-refractivity contribution in [2.24, 2.45) is 0 Å². The van der Waals surface area contributed by atoms with Crippen molar-refractivity contribution < 1.29 is 14.1 Å². The fourth-order valence-electron chi connectivity index (χ4n) is 1.77. The van der Waals surface area contributed by atoms with Crippen molar-refractivity contribution >= 4 is 23.2 Å². The number of anilines is 2. The Balaban J connectivity index is 1.77. The zero-order valence-electron chi connectivity index (χ0n) is 12.0. The molecule has 0 fully saturated rings. The molecular weight excluding hydrogens is 270 g/mol. The van der Waals surface area contributed by atoms with Crippen molar-refractivity contribution in [3.05, 3.63) is 41.7 Å². The first-order chi connectivity index (χ1) is 10.0. The van der Waals surface area contributed by atoms with Crippen molar-refractivity contribution in [2.75, 3.05) is 17.2 Å². The van der Waals surface area contributed by atoms with Crippen LogP contribution in [-0.4, -0.2) is 23.4 Å². The van der Waals surface area contributed by atoms with Crippen molar-refractivity contribution in [3.63, 3.8) is 0 Å². The third kappa shape index (κ3) is 4.45. The fraction of sp³-hybridized carbons (Fsp3) is 0.267. The summed E-state index contributed by atoms with van der Waals surface area (Å²) in [7, 11) is 0. The maximum atomic E-state index is 11.8. The zero-order chi connectivity index (χ0) is 15.2. The molecule has 6 heteroatoms. The van der Waals surface area contributed by atoms with Gasteiger partial charge in [0.1, 0.15) is 5.76 Å². The van der Waals surface area contributed by atoms with E-state index in [0.29, 0.717) is 35.8 Å². The molecule has 0 saturated carbocycles. The highest BCUT2D eigenvalue weighted by molar-refractivity contribution is 5.95. The van der Waals surface area contributed by atoms with E-state index in [-0.39, 0.29) is 11.7 Å². The van der Waals surface area contributed by atoms with E-state index in [0.717, 1.165) is 0 Å². The number of aryl methyl sites for hydroxylation is 1. The molecule has 110 valence electrons. The molecule has 0 aliphatic carbocycles. The summed E-state index contributed by atoms with van der Waals surface area (Å²) in [5, 5.41) is 9.53. The molecule has 1 aromatic heterocycles. The Bertz CT molecular complexity index is 632. The van der Waals surface area contributed by atoms with E-state index < -0.39 is 0 Å². The molecule has 0 unspecified atom stereocenters. The zero-order valence-corrected chi connectivity index (χ0v) is 12.0. The number of ketones is 1. The quantitative estimate of drug-likeness (QED) is 0.798. The summed E-state index contributed by atoms with van der Waals surface area (Å²) in [6, 6.07) is 8.56. The van der Waals surface area contributed by atoms with Gasteiger partial charge in [0, 0.05) is 30.3 Å². The van der Waals surface area contributed by atoms with E-state index in [1.807, 2.05) is 0 Å². The minimum absolute atomic E-state index is 0.0000167. The van der Waals surface area contributed by atoms with Crippen LogP contribution in [0.4, 0.5) is 11.5 Å². The van der Waals surface area contributed by atoms with Gasteiger partial charge < -0.3 is 15.2 Å². The summed E-state index contributed by atoms with van der Waals surface area (Å²) in [6.45, 7) is 3.77. The Hall–Kier alpha value is -2.63. The van der Waals surface area contributed by atoms with Gasteiger partial charge in [-0.3, -0.25) is 9.59 Å². The monoisotopic (exact) mass is 287 g/mol. The molecule has 2 aromatic rings. The molecule has 1 heterocycles. The largest absolute Gasteiger partial charge is 0.367 e. The molecule has 0 atom stereocenters. The number of carbonyl (C=O) groups excluding carboxylic acids is 2. The van der Waals surface area contributed by atoms with Crippen LogP contribution >= 0.6 is 0 Å². The number of nitrogens with one attached hydrogen (secondary N) is 2. The summed E-state index contributed by atoms with van der Waals surface area (Å²) in [6.07, 6.45) is 0.306. The number of carbonyl (C=O) groups is 2. The summed E-state index contributed by atoms with van der Waals surface area (Å²) >= 11 is 0. The second-order valence-corrected chi connectivity index (χ2v) is 4.68. The van der Waals surface area contributed by atoms with Crippen molar-refractivity contribution in [1.82, 2.24) is 5.16 Å². The van der Waals surface area contributed by atoms with E-state index >= 15 is 0 Å². The number of amides is 1. The van der Waals surface area contributed by atoms with E-state index in [1.165, 1.54) is 6.92 Å². The number of hydrogen-bond acceptors (Lipinski definition) is 5. The molecule has 1 aromatic carbocycles. The van der Waals surface area contributed by atoms with Crippen LogP contribution in [0.2, 0.25) is 0 Å². The third-order valence-electron chi connectivity index (χ3n) is 2.86. The number of nitrogens with zero attached hydrogens (tertiary/aromatic N) is 1. The van der Waals surface area contributed by atoms with Gasteiger partial charge >= 0.3 is 0 Å². The van der Waals surface area contributed by atoms with Gasteiger partial charge in [0.15, 0.2) is 11.6 Å². The molecule has 0 aliphatic heterocycles. The van der Waals surface area contributed by atoms with Gasteiger partial charge in [-0.05, 0) is 38.1 Å². The topological polar surface area (TPSA) is 84.2 Å². The summed E-state index contributed by atoms with van der Waals surface area (Å²) in [5.74, 6) is 1.22. The standard InChI is InChI=1S/C15H17N3O3/c1-10-9-14(18-21-10)16-8-7-15(20)17-13-5-3-12(4-6-13)11(2)19/h3-6,9H,7-8H2,1-2H3,(H,16,18)(H,17,20). The lowest BCUT2D eigenvalue weighted by Crippen LogP contribution is -2.16. The third-order valence-corrected chi connectivity index (χ3v) is 2.86. The van der Waals surface area contributed by atoms with Gasteiger partial charge in [0.2, 0.25) is 5.91 Å². The van der Waals surface area contributed by atoms with Crippen molar-refractivity contribution in [1.29, 1.82) is 0 Å². The van der Waals surface area contributed by atoms with Crippen LogP contribution in [0.3, 0.4) is 0 Å². The maximum Gasteiger partial charge on any atom is 0.226 e. The number of hydrogen-bond donors (Lipinski definition) is 2. The molecule has 2 N–H and O–H groups in total. The molecule has 0 bridgehead atoms. The van der Waals surface area contributed by atoms with Crippen LogP contribution in [0.15, 0.2) is 34.9 Å². The van der Waals surface area contributed by atoms with E-state index in [9.17, 15) is 9.59 Å². The molecule has 0 aliphatic rings. The minimum Gasteiger partial charge on any atom is -0.367 e. The molecule has 0 spiro atoms. The van der Waals surface area contributed by atoms with Gasteiger partial charge in [0.25, 0.3) is 0 Å². The van der Waals surface area contributed by atoms with E-state index in [1.54, 1.807) is 37.3 Å². The van der Waals surface area contributed by atoms with Gasteiger partial charge in [0.05, 0.1) is 0 Å². The Kier molecular flexibility index (Phi) is 4.71. The number of aromatic nitrogens is 1. The van der Waals surface area contributed by atoms with Crippen LogP contribution in [0.25, 0.3) is 0 Å². The first-order valence-electron chi connectivity index (χ1n) is 6.62. The Morgan fingerprint density at radius 1 is 1.24 bits per heavy atom. The Morgan fingerprint density at radius 3 is 2.52 bits per heavy atom. The van der Waals surface area contributed by atoms with E-state index in [4.69, 9.17) is 4.52 Å². The molecule has 0 saturated heterocycles. The smallest absolute Gasteiger partial charge is 0.226 e. The SMILES string of the molecule is CC(=O)c1ccc(NC(=O)CCNc2cc(C)on2)cc1. The lowest BCUT2D eigenvalue weighted by Gasteiger charge is -2.06. The Morgan fingerprint density at radius 2 is 1.95 bits per heavy atom. The van der Waals surface area contributed by atoms with Crippen LogP contribution < -0.4 is 10.6 Å². The second kappa shape index (κ2) is 6.69. The normalized spacial score (nSPS) is 10.2. The van der Waals surface area contributed by atoms with Crippen LogP contribution in [0.1, 0.15) is 29.5 Å². The fourth-order valence-corrected chi connectivity index (χ4v) is 1.77. The van der Waals surface area contributed by atoms with Gasteiger partial charge in [-0.2, -0.15) is 0 Å². The lowest BCUT2D eigenvalue weighted by molar-refractivity contribution is -0.115. The van der Waals surface area contributed by atoms with Crippen molar-refractivity contribution in [2.45, 2.75) is 20.3 Å². The lowest BCUT2D eigenvalue weighted by atomic mass is 10.1. The molecule has 21 heavy (non-hydrogen) atoms. The predicted octanol–water partition coefficient (Wildman–Crippen LogP) is 2.63. The molecule has 6 nitrogen and oxygen atoms in total. The van der Waals surface area contributed by atoms with Crippen LogP contribution in [0, 0.1) is 6.92 Å². The first-order valence-corrected chi connectivity index (χ1v) is 6.62. The number of benzene rings is 1. The highest BCUT2D eigenvalue weighted by Gasteiger charge is 2.05. The van der Waals surface area contributed by atoms with Gasteiger partial charge in [-0.25, -0.2) is 0 Å².